The molecule has 1 aromatic rings. The molecule has 9 atom stereocenters. The molecule has 3 aliphatic carbocycles. The number of rotatable bonds is 5. The molecule has 41 heavy (non-hydrogen) atoms. The molecule has 9 heteroatoms. The number of carbonyl (C=O) groups is 4. The minimum absolute atomic E-state index is 0.139. The predicted octanol–water partition coefficient (Wildman–Crippen LogP) is 4.50. The predicted molar refractivity (Wildman–Crippen MR) is 146 cm³/mol. The Kier molecular flexibility index (Phi) is 7.12. The van der Waals surface area contributed by atoms with Gasteiger partial charge in [-0.25, -0.2) is 9.59 Å². The molecule has 0 unspecified atom stereocenters. The maximum absolute atomic E-state index is 14.5. The first-order valence-electron chi connectivity index (χ1n) is 14.3. The number of ketones is 1. The minimum atomic E-state index is -1.63. The highest BCUT2D eigenvalue weighted by molar-refractivity contribution is 5.95. The number of fused-ring (bicyclic) bond motifs is 6. The van der Waals surface area contributed by atoms with Crippen LogP contribution in [-0.2, 0) is 33.4 Å². The molecule has 2 heterocycles. The fourth-order valence-corrected chi connectivity index (χ4v) is 8.68. The fourth-order valence-electron chi connectivity index (χ4n) is 8.68. The summed E-state index contributed by atoms with van der Waals surface area (Å²) in [5.74, 6) is -4.27. The van der Waals surface area contributed by atoms with Crippen LogP contribution in [-0.4, -0.2) is 48.1 Å². The Bertz CT molecular complexity index is 1320. The van der Waals surface area contributed by atoms with Crippen molar-refractivity contribution in [1.29, 1.82) is 0 Å². The summed E-state index contributed by atoms with van der Waals surface area (Å²) in [6, 6.07) is 1.80. The van der Waals surface area contributed by atoms with Gasteiger partial charge in [-0.3, -0.25) is 9.59 Å². The van der Waals surface area contributed by atoms with Crippen LogP contribution >= 0.6 is 0 Å². The van der Waals surface area contributed by atoms with Gasteiger partial charge >= 0.3 is 17.9 Å². The highest BCUT2D eigenvalue weighted by Crippen LogP contribution is 2.68. The van der Waals surface area contributed by atoms with Gasteiger partial charge in [0.25, 0.3) is 0 Å². The van der Waals surface area contributed by atoms with E-state index in [9.17, 15) is 24.3 Å². The van der Waals surface area contributed by atoms with E-state index in [-0.39, 0.29) is 30.0 Å². The van der Waals surface area contributed by atoms with Crippen LogP contribution in [0.4, 0.5) is 0 Å². The largest absolute Gasteiger partial charge is 0.472 e. The van der Waals surface area contributed by atoms with Crippen LogP contribution in [0.5, 0.6) is 0 Å². The van der Waals surface area contributed by atoms with Crippen molar-refractivity contribution in [2.75, 3.05) is 7.11 Å². The first kappa shape index (κ1) is 29.3. The molecule has 1 saturated heterocycles. The van der Waals surface area contributed by atoms with E-state index < -0.39 is 58.3 Å². The van der Waals surface area contributed by atoms with Crippen LogP contribution in [0.15, 0.2) is 46.3 Å². The van der Waals surface area contributed by atoms with Crippen molar-refractivity contribution < 1.29 is 42.9 Å². The SMILES string of the molecule is CC=C(C)C(=O)O[C@H]1[C@@H]2C=C3[C@@H](CC[C@]4(C)[C@H]3CC(=O)O[C@H]4c3ccoc3)[C@@](C)(C2=O)[C@@H]([C@@H](O)C(=O)OC)C1(C)C. The van der Waals surface area contributed by atoms with E-state index in [0.29, 0.717) is 18.4 Å². The number of hydrogen-bond donors (Lipinski definition) is 1. The Morgan fingerprint density at radius 3 is 2.49 bits per heavy atom. The Morgan fingerprint density at radius 1 is 1.17 bits per heavy atom. The van der Waals surface area contributed by atoms with E-state index in [2.05, 4.69) is 6.92 Å². The van der Waals surface area contributed by atoms with E-state index in [1.165, 1.54) is 7.11 Å². The van der Waals surface area contributed by atoms with Gasteiger partial charge < -0.3 is 23.7 Å². The summed E-state index contributed by atoms with van der Waals surface area (Å²) in [6.07, 6.45) is 4.96. The normalized spacial score (nSPS) is 38.5. The molecule has 2 bridgehead atoms. The maximum Gasteiger partial charge on any atom is 0.335 e. The van der Waals surface area contributed by atoms with E-state index in [4.69, 9.17) is 18.6 Å². The molecule has 1 aromatic heterocycles. The van der Waals surface area contributed by atoms with Crippen LogP contribution in [0.2, 0.25) is 0 Å². The zero-order valence-electron chi connectivity index (χ0n) is 24.8. The summed E-state index contributed by atoms with van der Waals surface area (Å²) in [4.78, 5) is 53.4. The third-order valence-electron chi connectivity index (χ3n) is 10.8. The molecule has 222 valence electrons. The van der Waals surface area contributed by atoms with Crippen LogP contribution in [0, 0.1) is 39.9 Å². The minimum Gasteiger partial charge on any atom is -0.472 e. The van der Waals surface area contributed by atoms with Crippen LogP contribution < -0.4 is 0 Å². The van der Waals surface area contributed by atoms with Crippen molar-refractivity contribution in [3.63, 3.8) is 0 Å². The zero-order valence-corrected chi connectivity index (χ0v) is 24.8. The average molecular weight is 569 g/mol. The molecule has 0 radical (unpaired) electrons. The van der Waals surface area contributed by atoms with Gasteiger partial charge in [0.1, 0.15) is 18.0 Å². The molecule has 4 aliphatic rings. The highest BCUT2D eigenvalue weighted by atomic mass is 16.6. The monoisotopic (exact) mass is 568 g/mol. The van der Waals surface area contributed by atoms with Gasteiger partial charge in [0.2, 0.25) is 0 Å². The van der Waals surface area contributed by atoms with E-state index in [0.717, 1.165) is 11.1 Å². The number of ether oxygens (including phenoxy) is 3. The quantitative estimate of drug-likeness (QED) is 0.236. The number of cyclic esters (lactones) is 1. The lowest BCUT2D eigenvalue weighted by Crippen LogP contribution is -2.69. The number of furan rings is 1. The Hall–Kier alpha value is -3.20. The summed E-state index contributed by atoms with van der Waals surface area (Å²) in [5, 5.41) is 11.5. The van der Waals surface area contributed by atoms with Crippen molar-refractivity contribution in [2.24, 2.45) is 39.9 Å². The molecule has 1 N–H and O–H groups in total. The lowest BCUT2D eigenvalue weighted by atomic mass is 9.40. The molecule has 5 rings (SSSR count). The van der Waals surface area contributed by atoms with Gasteiger partial charge in [-0.1, -0.05) is 45.4 Å². The van der Waals surface area contributed by atoms with Crippen LogP contribution in [0.3, 0.4) is 0 Å². The van der Waals surface area contributed by atoms with Crippen molar-refractivity contribution in [3.05, 3.63) is 47.5 Å². The van der Waals surface area contributed by atoms with E-state index in [1.807, 2.05) is 26.8 Å². The smallest absolute Gasteiger partial charge is 0.335 e. The summed E-state index contributed by atoms with van der Waals surface area (Å²) in [6.45, 7) is 11.0. The van der Waals surface area contributed by atoms with E-state index >= 15 is 0 Å². The van der Waals surface area contributed by atoms with Gasteiger partial charge in [-0.15, -0.1) is 0 Å². The summed E-state index contributed by atoms with van der Waals surface area (Å²) in [7, 11) is 1.20. The number of Topliss-reactive ketones (excluding diaryl/α,β-unsaturated/α-hetero) is 1. The maximum atomic E-state index is 14.5. The molecular formula is C32H40O9. The average Bonchev–Trinajstić information content (AvgIpc) is 3.46. The van der Waals surface area contributed by atoms with Gasteiger partial charge in [0, 0.05) is 33.3 Å². The van der Waals surface area contributed by atoms with Gasteiger partial charge in [0.15, 0.2) is 6.10 Å². The molecular weight excluding hydrogens is 528 g/mol. The van der Waals surface area contributed by atoms with Gasteiger partial charge in [-0.2, -0.15) is 0 Å². The number of hydrogen-bond acceptors (Lipinski definition) is 9. The molecule has 3 fully saturated rings. The Labute approximate surface area is 240 Å². The Morgan fingerprint density at radius 2 is 1.88 bits per heavy atom. The highest BCUT2D eigenvalue weighted by Gasteiger charge is 2.70. The standard InChI is InChI=1S/C32H40O9/c1-8-16(2)28(36)41-27-19-13-18-20(32(6,25(19)35)24(30(27,3)4)23(34)29(37)38-7)9-11-31(5)21(18)14-22(33)40-26(31)17-10-12-39-15-17/h8,10,12-13,15,19-21,23-24,26-27,34H,9,11,14H2,1-7H3/t19-,20-,21+,23-,24+,26+,27+,31-,32-/m1/s1. The number of carbonyl (C=O) groups excluding carboxylic acids is 4. The van der Waals surface area contributed by atoms with Gasteiger partial charge in [0.05, 0.1) is 32.0 Å². The first-order chi connectivity index (χ1) is 19.2. The fraction of sp³-hybridized carbons (Fsp3) is 0.625. The summed E-state index contributed by atoms with van der Waals surface area (Å²) >= 11 is 0. The molecule has 2 saturated carbocycles. The lowest BCUT2D eigenvalue weighted by molar-refractivity contribution is -0.208. The number of esters is 3. The second-order valence-electron chi connectivity index (χ2n) is 13.2. The zero-order chi connectivity index (χ0) is 30.1. The number of aliphatic hydroxyl groups is 1. The van der Waals surface area contributed by atoms with Crippen LogP contribution in [0.1, 0.15) is 72.5 Å². The molecule has 9 nitrogen and oxygen atoms in total. The van der Waals surface area contributed by atoms with Crippen molar-refractivity contribution in [3.8, 4) is 0 Å². The molecule has 0 aromatic carbocycles. The summed E-state index contributed by atoms with van der Waals surface area (Å²) in [5.41, 5.74) is -0.563. The molecule has 1 aliphatic heterocycles. The third-order valence-corrected chi connectivity index (χ3v) is 10.8. The second-order valence-corrected chi connectivity index (χ2v) is 13.2. The molecule has 0 spiro atoms. The van der Waals surface area contributed by atoms with Gasteiger partial charge in [-0.05, 0) is 44.6 Å². The van der Waals surface area contributed by atoms with Crippen molar-refractivity contribution in [1.82, 2.24) is 0 Å². The topological polar surface area (TPSA) is 129 Å². The second kappa shape index (κ2) is 9.96. The van der Waals surface area contributed by atoms with Crippen LogP contribution in [0.25, 0.3) is 0 Å². The van der Waals surface area contributed by atoms with Crippen molar-refractivity contribution in [2.45, 2.75) is 79.1 Å². The Balaban J connectivity index is 1.69. The van der Waals surface area contributed by atoms with Crippen molar-refractivity contribution >= 4 is 23.7 Å². The number of allylic oxidation sites excluding steroid dienone is 2. The molecule has 0 amide bonds. The number of aliphatic hydroxyl groups excluding tert-OH is 1. The number of methoxy groups -OCH3 is 1. The third kappa shape index (κ3) is 4.14. The first-order valence-corrected chi connectivity index (χ1v) is 14.3. The summed E-state index contributed by atoms with van der Waals surface area (Å²) < 4.78 is 22.2. The lowest BCUT2D eigenvalue weighted by Gasteiger charge is -2.64. The van der Waals surface area contributed by atoms with E-state index in [1.54, 1.807) is 38.5 Å².